The summed E-state index contributed by atoms with van der Waals surface area (Å²) in [5.41, 5.74) is 0. The van der Waals surface area contributed by atoms with Gasteiger partial charge in [-0.1, -0.05) is 0 Å². The Morgan fingerprint density at radius 3 is 3.00 bits per heavy atom. The van der Waals surface area contributed by atoms with E-state index in [2.05, 4.69) is 4.36 Å². The Balaban J connectivity index is 2.52. The van der Waals surface area contributed by atoms with E-state index in [0.29, 0.717) is 6.54 Å². The van der Waals surface area contributed by atoms with Crippen molar-refractivity contribution in [2.45, 2.75) is 0 Å². The summed E-state index contributed by atoms with van der Waals surface area (Å²) in [6.45, 7) is 0.423. The Morgan fingerprint density at radius 2 is 2.83 bits per heavy atom. The number of nitrogens with zero attached hydrogens (tertiary/aromatic N) is 1. The van der Waals surface area contributed by atoms with Crippen molar-refractivity contribution >= 4 is 26.5 Å². The fourth-order valence-corrected chi connectivity index (χ4v) is 1.54. The van der Waals surface area contributed by atoms with Crippen LogP contribution in [0.25, 0.3) is 0 Å². The second kappa shape index (κ2) is 1.75. The topological polar surface area (TPSA) is 29.4 Å². The minimum atomic E-state index is 0.191. The van der Waals surface area contributed by atoms with Crippen molar-refractivity contribution in [3.63, 3.8) is 0 Å². The third-order valence-electron chi connectivity index (χ3n) is 0.400. The second-order valence-electron chi connectivity index (χ2n) is 0.844. The molecule has 0 atom stereocenters. The summed E-state index contributed by atoms with van der Waals surface area (Å²) in [4.78, 5) is 10.1. The maximum atomic E-state index is 10.1. The van der Waals surface area contributed by atoms with E-state index in [1.165, 1.54) is 10.8 Å². The zero-order valence-corrected chi connectivity index (χ0v) is 4.63. The normalized spacial score (nSPS) is 21.0. The van der Waals surface area contributed by atoms with Crippen LogP contribution in [-0.4, -0.2) is 11.7 Å². The smallest absolute Gasteiger partial charge is 0.222 e. The van der Waals surface area contributed by atoms with E-state index >= 15 is 0 Å². The van der Waals surface area contributed by atoms with Crippen molar-refractivity contribution in [3.05, 3.63) is 0 Å². The summed E-state index contributed by atoms with van der Waals surface area (Å²) < 4.78 is 3.75. The van der Waals surface area contributed by atoms with Crippen molar-refractivity contribution in [3.8, 4) is 0 Å². The molecule has 0 bridgehead atoms. The number of rotatable bonds is 0. The van der Waals surface area contributed by atoms with Crippen LogP contribution in [-0.2, 0) is 15.4 Å². The third-order valence-corrected chi connectivity index (χ3v) is 2.27. The molecule has 0 radical (unpaired) electrons. The molecule has 0 aromatic rings. The first-order chi connectivity index (χ1) is 2.89. The number of hydrogen-bond acceptors (Lipinski definition) is 3. The lowest BCUT2D eigenvalue weighted by molar-refractivity contribution is -0.109. The highest BCUT2D eigenvalue weighted by Gasteiger charge is 2.02. The van der Waals surface area contributed by atoms with Crippen LogP contribution in [0.3, 0.4) is 0 Å². The average molecular weight is 121 g/mol. The molecule has 1 rings (SSSR count). The zero-order chi connectivity index (χ0) is 4.41. The molecule has 34 valence electrons. The summed E-state index contributed by atoms with van der Waals surface area (Å²) in [5, 5.41) is 0.191. The van der Waals surface area contributed by atoms with E-state index in [0.717, 1.165) is 10.6 Å². The number of carbonyl (C=O) groups excluding carboxylic acids is 1. The van der Waals surface area contributed by atoms with Gasteiger partial charge in [-0.25, -0.2) is 4.36 Å². The minimum absolute atomic E-state index is 0.191. The molecule has 1 heterocycles. The van der Waals surface area contributed by atoms with Crippen LogP contribution in [0.2, 0.25) is 0 Å². The molecule has 1 aliphatic rings. The van der Waals surface area contributed by atoms with Crippen molar-refractivity contribution < 1.29 is 4.79 Å². The molecule has 4 heteroatoms. The summed E-state index contributed by atoms with van der Waals surface area (Å²) in [7, 11) is 2.14. The lowest BCUT2D eigenvalue weighted by Gasteiger charge is -1.68. The molecule has 0 aliphatic carbocycles. The molecule has 0 unspecified atom stereocenters. The Hall–Kier alpha value is 0.170. The summed E-state index contributed by atoms with van der Waals surface area (Å²) in [6, 6.07) is 0. The predicted molar refractivity (Wildman–Crippen MR) is 28.7 cm³/mol. The van der Waals surface area contributed by atoms with Crippen molar-refractivity contribution in [2.75, 3.05) is 6.54 Å². The lowest BCUT2D eigenvalue weighted by atomic mass is 10.8. The third kappa shape index (κ3) is 0.815. The molecular formula is C2H3NOS2. The van der Waals surface area contributed by atoms with Gasteiger partial charge in [0.05, 0.1) is 0 Å². The number of carbonyl (C=O) groups is 1. The molecule has 0 aromatic carbocycles. The fraction of sp³-hybridized carbons (Fsp3) is 0.500. The van der Waals surface area contributed by atoms with Crippen LogP contribution < -0.4 is 0 Å². The summed E-state index contributed by atoms with van der Waals surface area (Å²) >= 11 is 0. The molecular weight excluding hydrogens is 118 g/mol. The van der Waals surface area contributed by atoms with Crippen LogP contribution >= 0.6 is 10.8 Å². The molecule has 0 fully saturated rings. The second-order valence-corrected chi connectivity index (χ2v) is 2.97. The first-order valence-electron chi connectivity index (χ1n) is 1.46. The highest BCUT2D eigenvalue weighted by Crippen LogP contribution is 2.07. The van der Waals surface area contributed by atoms with Crippen LogP contribution in [0, 0.1) is 0 Å². The van der Waals surface area contributed by atoms with Gasteiger partial charge >= 0.3 is 0 Å². The van der Waals surface area contributed by atoms with E-state index in [1.54, 1.807) is 0 Å². The molecule has 2 nitrogen and oxygen atoms in total. The molecule has 1 aliphatic heterocycles. The van der Waals surface area contributed by atoms with Gasteiger partial charge in [-0.15, -0.1) is 0 Å². The van der Waals surface area contributed by atoms with Crippen molar-refractivity contribution in [1.29, 1.82) is 0 Å². The first-order valence-corrected chi connectivity index (χ1v) is 3.73. The van der Waals surface area contributed by atoms with Gasteiger partial charge in [0.2, 0.25) is 5.12 Å². The maximum absolute atomic E-state index is 10.1. The molecule has 0 aromatic heterocycles. The SMILES string of the molecule is O=C1CN=[SH]S1. The molecule has 0 saturated heterocycles. The number of thiol groups is 1. The molecule has 0 spiro atoms. The molecule has 0 N–H and O–H groups in total. The molecule has 6 heavy (non-hydrogen) atoms. The van der Waals surface area contributed by atoms with Crippen LogP contribution in [0.4, 0.5) is 0 Å². The Morgan fingerprint density at radius 1 is 2.00 bits per heavy atom. The van der Waals surface area contributed by atoms with E-state index in [1.807, 2.05) is 0 Å². The summed E-state index contributed by atoms with van der Waals surface area (Å²) in [6.07, 6.45) is 0. The molecule has 0 saturated carbocycles. The van der Waals surface area contributed by atoms with Crippen molar-refractivity contribution in [2.24, 2.45) is 4.36 Å². The van der Waals surface area contributed by atoms with Gasteiger partial charge in [0, 0.05) is 0 Å². The van der Waals surface area contributed by atoms with Crippen LogP contribution in [0.5, 0.6) is 0 Å². The van der Waals surface area contributed by atoms with Gasteiger partial charge in [0.1, 0.15) is 6.54 Å². The summed E-state index contributed by atoms with van der Waals surface area (Å²) in [5.74, 6) is 0. The highest BCUT2D eigenvalue weighted by atomic mass is 33.1. The van der Waals surface area contributed by atoms with E-state index in [-0.39, 0.29) is 5.12 Å². The monoisotopic (exact) mass is 121 g/mol. The quantitative estimate of drug-likeness (QED) is 0.366. The largest absolute Gasteiger partial charge is 0.284 e. The van der Waals surface area contributed by atoms with Gasteiger partial charge in [-0.2, -0.15) is 0 Å². The minimum Gasteiger partial charge on any atom is -0.284 e. The fourth-order valence-electron chi connectivity index (χ4n) is 0.190. The van der Waals surface area contributed by atoms with Gasteiger partial charge in [-0.3, -0.25) is 4.79 Å². The molecule has 0 amide bonds. The van der Waals surface area contributed by atoms with Crippen LogP contribution in [0.15, 0.2) is 4.36 Å². The van der Waals surface area contributed by atoms with Gasteiger partial charge in [0.25, 0.3) is 0 Å². The zero-order valence-electron chi connectivity index (χ0n) is 2.92. The first kappa shape index (κ1) is 4.33. The van der Waals surface area contributed by atoms with E-state index < -0.39 is 0 Å². The van der Waals surface area contributed by atoms with E-state index in [4.69, 9.17) is 0 Å². The lowest BCUT2D eigenvalue weighted by Crippen LogP contribution is -1.85. The van der Waals surface area contributed by atoms with Gasteiger partial charge in [-0.05, 0) is 21.4 Å². The van der Waals surface area contributed by atoms with E-state index in [9.17, 15) is 4.79 Å². The van der Waals surface area contributed by atoms with Gasteiger partial charge in [0.15, 0.2) is 0 Å². The average Bonchev–Trinajstić information content (AvgIpc) is 1.86. The Bertz CT molecular complexity index is 89.7. The predicted octanol–water partition coefficient (Wildman–Crippen LogP) is 0.173. The van der Waals surface area contributed by atoms with Crippen LogP contribution in [0.1, 0.15) is 0 Å². The van der Waals surface area contributed by atoms with Gasteiger partial charge < -0.3 is 0 Å². The Labute approximate surface area is 42.8 Å². The number of hydrogen-bond donors (Lipinski definition) is 1. The van der Waals surface area contributed by atoms with Crippen molar-refractivity contribution in [1.82, 2.24) is 0 Å². The highest BCUT2D eigenvalue weighted by molar-refractivity contribution is 8.69. The maximum Gasteiger partial charge on any atom is 0.222 e. The standard InChI is InChI=1S/C2H3NOS2/c4-2-1-3-6-5-2/h6H,1H2. The Kier molecular flexibility index (Phi) is 1.26.